The van der Waals surface area contributed by atoms with E-state index < -0.39 is 12.2 Å². The predicted molar refractivity (Wildman–Crippen MR) is 55.1 cm³/mol. The van der Waals surface area contributed by atoms with Crippen LogP contribution in [-0.2, 0) is 0 Å². The largest absolute Gasteiger partial charge is 0.465 e. The highest BCUT2D eigenvalue weighted by molar-refractivity contribution is 5.83. The SMILES string of the molecule is N=C1CC=CCC1.NC(=O)O.NC(=O)O. The van der Waals surface area contributed by atoms with Gasteiger partial charge in [0.2, 0.25) is 0 Å². The van der Waals surface area contributed by atoms with Crippen molar-refractivity contribution in [3.8, 4) is 0 Å². The molecule has 1 rings (SSSR count). The summed E-state index contributed by atoms with van der Waals surface area (Å²) in [6.45, 7) is 0. The number of allylic oxidation sites excluding steroid dienone is 2. The summed E-state index contributed by atoms with van der Waals surface area (Å²) < 4.78 is 0. The molecule has 7 heteroatoms. The molecule has 1 aliphatic carbocycles. The molecule has 7 nitrogen and oxygen atoms in total. The second kappa shape index (κ2) is 10.0. The number of rotatable bonds is 0. The summed E-state index contributed by atoms with van der Waals surface area (Å²) in [4.78, 5) is 17.6. The number of primary amides is 2. The lowest BCUT2D eigenvalue weighted by molar-refractivity contribution is 0.204. The van der Waals surface area contributed by atoms with E-state index >= 15 is 0 Å². The van der Waals surface area contributed by atoms with Crippen molar-refractivity contribution >= 4 is 17.9 Å². The Kier molecular flexibility index (Phi) is 10.3. The summed E-state index contributed by atoms with van der Waals surface area (Å²) in [6.07, 6.45) is 4.49. The Morgan fingerprint density at radius 1 is 1.20 bits per heavy atom. The molecule has 0 unspecified atom stereocenters. The van der Waals surface area contributed by atoms with Crippen LogP contribution in [0.3, 0.4) is 0 Å². The number of hydrogen-bond acceptors (Lipinski definition) is 3. The third-order valence-electron chi connectivity index (χ3n) is 1.14. The van der Waals surface area contributed by atoms with Gasteiger partial charge in [0.05, 0.1) is 0 Å². The molecule has 2 amide bonds. The zero-order valence-electron chi connectivity index (χ0n) is 8.14. The molecule has 0 fully saturated rings. The summed E-state index contributed by atoms with van der Waals surface area (Å²) in [5.41, 5.74) is 8.93. The lowest BCUT2D eigenvalue weighted by Gasteiger charge is -2.01. The Bertz CT molecular complexity index is 230. The molecule has 0 saturated heterocycles. The third kappa shape index (κ3) is 33.4. The minimum atomic E-state index is -1.33. The molecule has 0 aromatic heterocycles. The van der Waals surface area contributed by atoms with Crippen LogP contribution in [0.2, 0.25) is 0 Å². The van der Waals surface area contributed by atoms with Gasteiger partial charge in [0, 0.05) is 12.1 Å². The van der Waals surface area contributed by atoms with Crippen molar-refractivity contribution in [2.24, 2.45) is 11.5 Å². The van der Waals surface area contributed by atoms with Crippen LogP contribution in [0.5, 0.6) is 0 Å². The van der Waals surface area contributed by atoms with Crippen molar-refractivity contribution < 1.29 is 19.8 Å². The molecule has 0 heterocycles. The van der Waals surface area contributed by atoms with E-state index in [2.05, 4.69) is 23.6 Å². The standard InChI is InChI=1S/C6H9N.2CH3NO2/c7-6-4-2-1-3-5-6;2*2-1(3)4/h1-2,7H,3-5H2;2*2H2,(H,3,4). The first-order valence-corrected chi connectivity index (χ1v) is 4.04. The van der Waals surface area contributed by atoms with Crippen LogP contribution in [0, 0.1) is 5.41 Å². The number of nitrogens with two attached hydrogens (primary N) is 2. The van der Waals surface area contributed by atoms with Gasteiger partial charge in [-0.3, -0.25) is 0 Å². The highest BCUT2D eigenvalue weighted by Gasteiger charge is 1.95. The number of amides is 2. The molecule has 0 spiro atoms. The maximum absolute atomic E-state index is 8.78. The van der Waals surface area contributed by atoms with Crippen molar-refractivity contribution in [3.63, 3.8) is 0 Å². The van der Waals surface area contributed by atoms with Crippen molar-refractivity contribution in [2.75, 3.05) is 0 Å². The Labute approximate surface area is 86.9 Å². The Morgan fingerprint density at radius 2 is 1.60 bits per heavy atom. The molecule has 7 N–H and O–H groups in total. The average Bonchev–Trinajstić information content (AvgIpc) is 2.03. The second-order valence-corrected chi connectivity index (χ2v) is 2.49. The molecule has 1 aliphatic rings. The Hall–Kier alpha value is -2.05. The second-order valence-electron chi connectivity index (χ2n) is 2.49. The highest BCUT2D eigenvalue weighted by atomic mass is 16.4. The van der Waals surface area contributed by atoms with Gasteiger partial charge in [0.25, 0.3) is 0 Å². The molecule has 0 atom stereocenters. The molecule has 0 aromatic carbocycles. The lowest BCUT2D eigenvalue weighted by Crippen LogP contribution is -2.03. The minimum Gasteiger partial charge on any atom is -0.465 e. The molecule has 0 saturated carbocycles. The van der Waals surface area contributed by atoms with Crippen LogP contribution in [-0.4, -0.2) is 28.1 Å². The predicted octanol–water partition coefficient (Wildman–Crippen LogP) is 0.992. The van der Waals surface area contributed by atoms with Crippen LogP contribution >= 0.6 is 0 Å². The van der Waals surface area contributed by atoms with E-state index in [4.69, 9.17) is 25.2 Å². The van der Waals surface area contributed by atoms with E-state index in [9.17, 15) is 0 Å². The van der Waals surface area contributed by atoms with Gasteiger partial charge in [-0.25, -0.2) is 9.59 Å². The number of carboxylic acid groups (broad SMARTS) is 2. The van der Waals surface area contributed by atoms with E-state index in [1.54, 1.807) is 0 Å². The quantitative estimate of drug-likeness (QED) is 0.384. The fraction of sp³-hybridized carbons (Fsp3) is 0.375. The van der Waals surface area contributed by atoms with Gasteiger partial charge < -0.3 is 27.1 Å². The summed E-state index contributed by atoms with van der Waals surface area (Å²) in [6, 6.07) is 0. The maximum Gasteiger partial charge on any atom is 0.402 e. The van der Waals surface area contributed by atoms with Crippen molar-refractivity contribution in [1.82, 2.24) is 0 Å². The Morgan fingerprint density at radius 3 is 1.73 bits per heavy atom. The first-order chi connectivity index (χ1) is 6.86. The molecule has 15 heavy (non-hydrogen) atoms. The highest BCUT2D eigenvalue weighted by Crippen LogP contribution is 2.04. The van der Waals surface area contributed by atoms with Crippen LogP contribution < -0.4 is 11.5 Å². The first kappa shape index (κ1) is 15.4. The van der Waals surface area contributed by atoms with Crippen LogP contribution in [0.25, 0.3) is 0 Å². The smallest absolute Gasteiger partial charge is 0.402 e. The fourth-order valence-corrected chi connectivity index (χ4v) is 0.703. The van der Waals surface area contributed by atoms with Gasteiger partial charge in [-0.05, 0) is 12.8 Å². The molecular weight excluding hydrogens is 202 g/mol. The lowest BCUT2D eigenvalue weighted by atomic mass is 10.1. The van der Waals surface area contributed by atoms with Gasteiger partial charge in [-0.15, -0.1) is 0 Å². The van der Waals surface area contributed by atoms with Crippen LogP contribution in [0.1, 0.15) is 19.3 Å². The molecule has 0 aromatic rings. The molecule has 0 radical (unpaired) electrons. The van der Waals surface area contributed by atoms with Crippen molar-refractivity contribution in [2.45, 2.75) is 19.3 Å². The summed E-state index contributed by atoms with van der Waals surface area (Å²) in [5.74, 6) is 0. The first-order valence-electron chi connectivity index (χ1n) is 4.04. The van der Waals surface area contributed by atoms with Crippen LogP contribution in [0.4, 0.5) is 9.59 Å². The van der Waals surface area contributed by atoms with E-state index in [1.807, 2.05) is 0 Å². The number of carbonyl (C=O) groups is 2. The van der Waals surface area contributed by atoms with Crippen molar-refractivity contribution in [1.29, 1.82) is 5.41 Å². The van der Waals surface area contributed by atoms with Gasteiger partial charge in [-0.1, -0.05) is 12.2 Å². The van der Waals surface area contributed by atoms with E-state index in [0.717, 1.165) is 25.0 Å². The molecule has 86 valence electrons. The average molecular weight is 217 g/mol. The minimum absolute atomic E-state index is 0.877. The molecular formula is C8H15N3O4. The Balaban J connectivity index is 0. The van der Waals surface area contributed by atoms with Gasteiger partial charge in [0.15, 0.2) is 0 Å². The number of hydrogen-bond donors (Lipinski definition) is 5. The normalized spacial score (nSPS) is 12.7. The van der Waals surface area contributed by atoms with E-state index in [1.165, 1.54) is 0 Å². The van der Waals surface area contributed by atoms with E-state index in [0.29, 0.717) is 0 Å². The van der Waals surface area contributed by atoms with Gasteiger partial charge in [-0.2, -0.15) is 0 Å². The molecule has 0 bridgehead atoms. The van der Waals surface area contributed by atoms with Crippen molar-refractivity contribution in [3.05, 3.63) is 12.2 Å². The summed E-state index contributed by atoms with van der Waals surface area (Å²) in [7, 11) is 0. The van der Waals surface area contributed by atoms with Gasteiger partial charge >= 0.3 is 12.2 Å². The molecule has 0 aliphatic heterocycles. The summed E-state index contributed by atoms with van der Waals surface area (Å²) >= 11 is 0. The fourth-order valence-electron chi connectivity index (χ4n) is 0.703. The zero-order chi connectivity index (χ0) is 12.3. The maximum atomic E-state index is 8.78. The van der Waals surface area contributed by atoms with Crippen LogP contribution in [0.15, 0.2) is 12.2 Å². The summed E-state index contributed by atoms with van der Waals surface area (Å²) in [5, 5.41) is 21.5. The zero-order valence-corrected chi connectivity index (χ0v) is 8.14. The number of nitrogens with one attached hydrogen (secondary N) is 1. The monoisotopic (exact) mass is 217 g/mol. The topological polar surface area (TPSA) is 150 Å². The van der Waals surface area contributed by atoms with E-state index in [-0.39, 0.29) is 0 Å². The van der Waals surface area contributed by atoms with Gasteiger partial charge in [0.1, 0.15) is 0 Å². The third-order valence-corrected chi connectivity index (χ3v) is 1.14.